The van der Waals surface area contributed by atoms with E-state index in [4.69, 9.17) is 17.3 Å². The SMILES string of the molecule is NC(CCl)=Nc1cccc2c(=O)c3ccccc3[nH]c12. The molecule has 0 amide bonds. The topological polar surface area (TPSA) is 71.2 Å². The maximum absolute atomic E-state index is 12.5. The third-order valence-corrected chi connectivity index (χ3v) is 3.39. The van der Waals surface area contributed by atoms with Crippen molar-refractivity contribution in [3.63, 3.8) is 0 Å². The van der Waals surface area contributed by atoms with Crippen LogP contribution in [-0.2, 0) is 0 Å². The van der Waals surface area contributed by atoms with Crippen LogP contribution in [0.1, 0.15) is 0 Å². The van der Waals surface area contributed by atoms with Crippen molar-refractivity contribution in [1.29, 1.82) is 0 Å². The molecule has 4 nitrogen and oxygen atoms in total. The molecule has 0 fully saturated rings. The second-order valence-corrected chi connectivity index (χ2v) is 4.70. The van der Waals surface area contributed by atoms with Crippen molar-refractivity contribution in [1.82, 2.24) is 4.98 Å². The number of amidine groups is 1. The minimum atomic E-state index is -0.0177. The van der Waals surface area contributed by atoms with Gasteiger partial charge in [0.25, 0.3) is 0 Å². The molecule has 0 unspecified atom stereocenters. The molecule has 3 rings (SSSR count). The number of nitrogens with zero attached hydrogens (tertiary/aromatic N) is 1. The molecule has 3 aromatic rings. The zero-order valence-electron chi connectivity index (χ0n) is 10.6. The Morgan fingerprint density at radius 2 is 1.90 bits per heavy atom. The van der Waals surface area contributed by atoms with E-state index in [1.54, 1.807) is 24.3 Å². The molecular weight excluding hydrogens is 274 g/mol. The molecule has 5 heteroatoms. The van der Waals surface area contributed by atoms with Crippen molar-refractivity contribution >= 4 is 44.9 Å². The van der Waals surface area contributed by atoms with Crippen molar-refractivity contribution in [2.45, 2.75) is 0 Å². The minimum Gasteiger partial charge on any atom is -0.386 e. The van der Waals surface area contributed by atoms with Gasteiger partial charge in [0.1, 0.15) is 5.84 Å². The van der Waals surface area contributed by atoms with Gasteiger partial charge in [-0.1, -0.05) is 18.2 Å². The van der Waals surface area contributed by atoms with E-state index < -0.39 is 0 Å². The maximum Gasteiger partial charge on any atom is 0.197 e. The minimum absolute atomic E-state index is 0.0177. The fraction of sp³-hybridized carbons (Fsp3) is 0.0667. The van der Waals surface area contributed by atoms with Gasteiger partial charge in [0.05, 0.1) is 17.1 Å². The highest BCUT2D eigenvalue weighted by Crippen LogP contribution is 2.24. The number of aromatic amines is 1. The Bertz CT molecular complexity index is 883. The fourth-order valence-corrected chi connectivity index (χ4v) is 2.27. The average Bonchev–Trinajstić information content (AvgIpc) is 2.48. The summed E-state index contributed by atoms with van der Waals surface area (Å²) < 4.78 is 0. The van der Waals surface area contributed by atoms with Gasteiger partial charge in [0.2, 0.25) is 0 Å². The number of halogens is 1. The number of hydrogen-bond acceptors (Lipinski definition) is 2. The number of fused-ring (bicyclic) bond motifs is 2. The van der Waals surface area contributed by atoms with Gasteiger partial charge in [0, 0.05) is 16.3 Å². The van der Waals surface area contributed by atoms with Crippen LogP contribution in [0.4, 0.5) is 5.69 Å². The van der Waals surface area contributed by atoms with Gasteiger partial charge in [-0.3, -0.25) is 4.79 Å². The highest BCUT2D eigenvalue weighted by molar-refractivity contribution is 6.28. The summed E-state index contributed by atoms with van der Waals surface area (Å²) in [5, 5.41) is 1.25. The molecule has 0 aliphatic carbocycles. The van der Waals surface area contributed by atoms with Crippen molar-refractivity contribution in [3.05, 3.63) is 52.7 Å². The number of aliphatic imine (C=N–C) groups is 1. The summed E-state index contributed by atoms with van der Waals surface area (Å²) in [5.41, 5.74) is 7.72. The number of rotatable bonds is 2. The second kappa shape index (κ2) is 4.98. The van der Waals surface area contributed by atoms with Crippen LogP contribution in [0.5, 0.6) is 0 Å². The molecule has 0 radical (unpaired) electrons. The first-order valence-corrected chi connectivity index (χ1v) is 6.67. The fourth-order valence-electron chi connectivity index (χ4n) is 2.21. The van der Waals surface area contributed by atoms with Crippen LogP contribution in [0.3, 0.4) is 0 Å². The summed E-state index contributed by atoms with van der Waals surface area (Å²) in [6.07, 6.45) is 0. The summed E-state index contributed by atoms with van der Waals surface area (Å²) in [5.74, 6) is 0.460. The first kappa shape index (κ1) is 12.7. The lowest BCUT2D eigenvalue weighted by molar-refractivity contribution is 1.42. The molecular formula is C15H12ClN3O. The highest BCUT2D eigenvalue weighted by atomic mass is 35.5. The first-order valence-electron chi connectivity index (χ1n) is 6.13. The van der Waals surface area contributed by atoms with E-state index in [-0.39, 0.29) is 11.3 Å². The molecule has 20 heavy (non-hydrogen) atoms. The van der Waals surface area contributed by atoms with E-state index in [2.05, 4.69) is 9.98 Å². The van der Waals surface area contributed by atoms with Gasteiger partial charge in [0.15, 0.2) is 5.43 Å². The van der Waals surface area contributed by atoms with Gasteiger partial charge in [-0.15, -0.1) is 11.6 Å². The number of alkyl halides is 1. The van der Waals surface area contributed by atoms with Gasteiger partial charge < -0.3 is 10.7 Å². The van der Waals surface area contributed by atoms with Gasteiger partial charge in [-0.05, 0) is 24.3 Å². The largest absolute Gasteiger partial charge is 0.386 e. The Kier molecular flexibility index (Phi) is 3.16. The first-order chi connectivity index (χ1) is 9.70. The number of para-hydroxylation sites is 2. The molecule has 100 valence electrons. The molecule has 0 aliphatic heterocycles. The Morgan fingerprint density at radius 1 is 1.15 bits per heavy atom. The lowest BCUT2D eigenvalue weighted by Gasteiger charge is -2.05. The van der Waals surface area contributed by atoms with Crippen LogP contribution >= 0.6 is 11.6 Å². The quantitative estimate of drug-likeness (QED) is 0.329. The van der Waals surface area contributed by atoms with Crippen LogP contribution in [0.25, 0.3) is 21.8 Å². The third kappa shape index (κ3) is 2.04. The summed E-state index contributed by atoms with van der Waals surface area (Å²) in [7, 11) is 0. The van der Waals surface area contributed by atoms with E-state index >= 15 is 0 Å². The van der Waals surface area contributed by atoms with Crippen LogP contribution in [-0.4, -0.2) is 16.7 Å². The Morgan fingerprint density at radius 3 is 2.70 bits per heavy atom. The predicted octanol–water partition coefficient (Wildman–Crippen LogP) is 2.91. The zero-order valence-corrected chi connectivity index (χ0v) is 11.3. The number of benzene rings is 2. The summed E-state index contributed by atoms with van der Waals surface area (Å²) in [6.45, 7) is 0. The van der Waals surface area contributed by atoms with Crippen LogP contribution in [0.15, 0.2) is 52.3 Å². The molecule has 0 bridgehead atoms. The summed E-state index contributed by atoms with van der Waals surface area (Å²) >= 11 is 5.65. The average molecular weight is 286 g/mol. The molecule has 0 atom stereocenters. The summed E-state index contributed by atoms with van der Waals surface area (Å²) in [4.78, 5) is 20.0. The van der Waals surface area contributed by atoms with E-state index in [0.29, 0.717) is 27.8 Å². The Balaban J connectivity index is 2.43. The third-order valence-electron chi connectivity index (χ3n) is 3.12. The van der Waals surface area contributed by atoms with E-state index in [1.165, 1.54) is 0 Å². The van der Waals surface area contributed by atoms with Crippen molar-refractivity contribution < 1.29 is 0 Å². The standard InChI is InChI=1S/C15H12ClN3O/c16-8-13(17)18-12-7-3-5-10-14(12)19-11-6-2-1-4-9(11)15(10)20/h1-7H,8H2,(H2,17,18)(H,19,20). The number of aromatic nitrogens is 1. The van der Waals surface area contributed by atoms with Crippen LogP contribution in [0.2, 0.25) is 0 Å². The van der Waals surface area contributed by atoms with Crippen LogP contribution in [0, 0.1) is 0 Å². The molecule has 0 aliphatic rings. The monoisotopic (exact) mass is 285 g/mol. The molecule has 0 saturated carbocycles. The molecule has 0 saturated heterocycles. The lowest BCUT2D eigenvalue weighted by Crippen LogP contribution is -2.12. The van der Waals surface area contributed by atoms with Crippen LogP contribution < -0.4 is 11.2 Å². The molecule has 3 N–H and O–H groups in total. The van der Waals surface area contributed by atoms with Crippen molar-refractivity contribution in [2.75, 3.05) is 5.88 Å². The van der Waals surface area contributed by atoms with Crippen molar-refractivity contribution in [2.24, 2.45) is 10.7 Å². The molecule has 1 heterocycles. The number of pyridine rings is 1. The number of hydrogen-bond donors (Lipinski definition) is 2. The Labute approximate surface area is 119 Å². The Hall–Kier alpha value is -2.33. The normalized spacial score (nSPS) is 12.2. The number of nitrogens with one attached hydrogen (secondary N) is 1. The van der Waals surface area contributed by atoms with Gasteiger partial charge in [-0.2, -0.15) is 0 Å². The van der Waals surface area contributed by atoms with E-state index in [1.807, 2.05) is 18.2 Å². The maximum atomic E-state index is 12.5. The van der Waals surface area contributed by atoms with Gasteiger partial charge >= 0.3 is 0 Å². The van der Waals surface area contributed by atoms with E-state index in [9.17, 15) is 4.79 Å². The summed E-state index contributed by atoms with van der Waals surface area (Å²) in [6, 6.07) is 12.7. The number of H-pyrrole nitrogens is 1. The molecule has 1 aromatic heterocycles. The second-order valence-electron chi connectivity index (χ2n) is 4.44. The van der Waals surface area contributed by atoms with E-state index in [0.717, 1.165) is 5.52 Å². The van der Waals surface area contributed by atoms with Crippen molar-refractivity contribution in [3.8, 4) is 0 Å². The predicted molar refractivity (Wildman–Crippen MR) is 84.1 cm³/mol. The molecule has 0 spiro atoms. The molecule has 2 aromatic carbocycles. The zero-order chi connectivity index (χ0) is 14.1. The highest BCUT2D eigenvalue weighted by Gasteiger charge is 2.08. The lowest BCUT2D eigenvalue weighted by atomic mass is 10.1. The smallest absolute Gasteiger partial charge is 0.197 e. The van der Waals surface area contributed by atoms with Gasteiger partial charge in [-0.25, -0.2) is 4.99 Å². The number of nitrogens with two attached hydrogens (primary N) is 1.